The number of halogens is 4. The monoisotopic (exact) mass is 264 g/mol. The molecular formula is C12H12F4O2. The normalized spacial score (nSPS) is 22.2. The van der Waals surface area contributed by atoms with Gasteiger partial charge in [-0.3, -0.25) is 0 Å². The number of ether oxygens (including phenoxy) is 1. The zero-order chi connectivity index (χ0) is 13.3. The van der Waals surface area contributed by atoms with E-state index in [9.17, 15) is 22.7 Å². The van der Waals surface area contributed by atoms with Crippen LogP contribution in [0, 0.1) is 11.7 Å². The van der Waals surface area contributed by atoms with Gasteiger partial charge in [-0.2, -0.15) is 13.2 Å². The number of hydrogen-bond donors (Lipinski definition) is 1. The second kappa shape index (κ2) is 4.85. The van der Waals surface area contributed by atoms with Crippen LogP contribution in [0.3, 0.4) is 0 Å². The van der Waals surface area contributed by atoms with Gasteiger partial charge >= 0.3 is 6.18 Å². The molecule has 2 nitrogen and oxygen atoms in total. The summed E-state index contributed by atoms with van der Waals surface area (Å²) in [6.45, 7) is 0.591. The van der Waals surface area contributed by atoms with Crippen LogP contribution < -0.4 is 0 Å². The molecular weight excluding hydrogens is 252 g/mol. The van der Waals surface area contributed by atoms with Crippen molar-refractivity contribution in [1.29, 1.82) is 0 Å². The lowest BCUT2D eigenvalue weighted by molar-refractivity contribution is -0.139. The van der Waals surface area contributed by atoms with Crippen molar-refractivity contribution in [1.82, 2.24) is 0 Å². The Bertz CT molecular complexity index is 425. The highest BCUT2D eigenvalue weighted by molar-refractivity contribution is 5.32. The minimum atomic E-state index is -4.61. The number of aliphatic hydroxyl groups excluding tert-OH is 1. The van der Waals surface area contributed by atoms with Gasteiger partial charge in [0, 0.05) is 12.5 Å². The van der Waals surface area contributed by atoms with Crippen LogP contribution in [-0.4, -0.2) is 18.3 Å². The highest BCUT2D eigenvalue weighted by Crippen LogP contribution is 2.38. The van der Waals surface area contributed by atoms with Crippen LogP contribution in [0.4, 0.5) is 17.6 Å². The Balaban J connectivity index is 2.38. The molecule has 0 radical (unpaired) electrons. The first-order valence-electron chi connectivity index (χ1n) is 5.52. The number of hydrogen-bond acceptors (Lipinski definition) is 2. The lowest BCUT2D eigenvalue weighted by atomic mass is 9.91. The van der Waals surface area contributed by atoms with Gasteiger partial charge in [0.1, 0.15) is 5.82 Å². The second-order valence-electron chi connectivity index (χ2n) is 4.30. The summed E-state index contributed by atoms with van der Waals surface area (Å²) in [6.07, 6.45) is -5.50. The topological polar surface area (TPSA) is 29.5 Å². The summed E-state index contributed by atoms with van der Waals surface area (Å²) >= 11 is 0. The molecule has 0 aromatic heterocycles. The molecule has 0 amide bonds. The first-order chi connectivity index (χ1) is 8.39. The molecule has 6 heteroatoms. The SMILES string of the molecule is OC(c1cc(F)ccc1C(F)(F)F)C1CCOC1. The van der Waals surface area contributed by atoms with Crippen molar-refractivity contribution in [3.05, 3.63) is 35.1 Å². The Labute approximate surface area is 101 Å². The molecule has 2 rings (SSSR count). The molecule has 1 aromatic rings. The standard InChI is InChI=1S/C12H12F4O2/c13-8-1-2-10(12(14,15)16)9(5-8)11(17)7-3-4-18-6-7/h1-2,5,7,11,17H,3-4,6H2. The Morgan fingerprint density at radius 2 is 2.06 bits per heavy atom. The highest BCUT2D eigenvalue weighted by Gasteiger charge is 2.37. The van der Waals surface area contributed by atoms with Crippen molar-refractivity contribution >= 4 is 0 Å². The molecule has 0 spiro atoms. The minimum Gasteiger partial charge on any atom is -0.388 e. The quantitative estimate of drug-likeness (QED) is 0.832. The molecule has 1 aliphatic heterocycles. The van der Waals surface area contributed by atoms with E-state index in [1.807, 2.05) is 0 Å². The summed E-state index contributed by atoms with van der Waals surface area (Å²) in [5, 5.41) is 9.94. The van der Waals surface area contributed by atoms with Crippen molar-refractivity contribution in [2.45, 2.75) is 18.7 Å². The van der Waals surface area contributed by atoms with E-state index < -0.39 is 35.1 Å². The van der Waals surface area contributed by atoms with Crippen LogP contribution in [0.5, 0.6) is 0 Å². The molecule has 0 saturated carbocycles. The van der Waals surface area contributed by atoms with Crippen molar-refractivity contribution in [3.8, 4) is 0 Å². The van der Waals surface area contributed by atoms with E-state index in [2.05, 4.69) is 0 Å². The summed E-state index contributed by atoms with van der Waals surface area (Å²) in [5.41, 5.74) is -1.42. The van der Waals surface area contributed by atoms with Crippen molar-refractivity contribution < 1.29 is 27.4 Å². The number of benzene rings is 1. The lowest BCUT2D eigenvalue weighted by Gasteiger charge is -2.21. The van der Waals surface area contributed by atoms with Crippen LogP contribution in [-0.2, 0) is 10.9 Å². The number of aliphatic hydroxyl groups is 1. The average Bonchev–Trinajstić information content (AvgIpc) is 2.79. The van der Waals surface area contributed by atoms with Gasteiger partial charge in [-0.25, -0.2) is 4.39 Å². The Hall–Kier alpha value is -1.14. The van der Waals surface area contributed by atoms with Gasteiger partial charge in [0.05, 0.1) is 18.3 Å². The molecule has 18 heavy (non-hydrogen) atoms. The average molecular weight is 264 g/mol. The van der Waals surface area contributed by atoms with E-state index in [1.54, 1.807) is 0 Å². The summed E-state index contributed by atoms with van der Waals surface area (Å²) in [4.78, 5) is 0. The summed E-state index contributed by atoms with van der Waals surface area (Å²) in [5.74, 6) is -1.22. The third-order valence-corrected chi connectivity index (χ3v) is 3.05. The molecule has 1 aliphatic rings. The number of alkyl halides is 3. The second-order valence-corrected chi connectivity index (χ2v) is 4.30. The fourth-order valence-electron chi connectivity index (χ4n) is 2.09. The summed E-state index contributed by atoms with van der Waals surface area (Å²) in [6, 6.07) is 2.14. The molecule has 1 heterocycles. The predicted molar refractivity (Wildman–Crippen MR) is 55.3 cm³/mol. The van der Waals surface area contributed by atoms with Crippen LogP contribution in [0.15, 0.2) is 18.2 Å². The fraction of sp³-hybridized carbons (Fsp3) is 0.500. The third kappa shape index (κ3) is 2.64. The van der Waals surface area contributed by atoms with Crippen LogP contribution in [0.2, 0.25) is 0 Å². The van der Waals surface area contributed by atoms with Crippen LogP contribution in [0.1, 0.15) is 23.7 Å². The van der Waals surface area contributed by atoms with E-state index in [4.69, 9.17) is 4.74 Å². The summed E-state index contributed by atoms with van der Waals surface area (Å²) in [7, 11) is 0. The van der Waals surface area contributed by atoms with Gasteiger partial charge < -0.3 is 9.84 Å². The third-order valence-electron chi connectivity index (χ3n) is 3.05. The van der Waals surface area contributed by atoms with E-state index in [0.717, 1.165) is 12.1 Å². The molecule has 1 saturated heterocycles. The summed E-state index contributed by atoms with van der Waals surface area (Å²) < 4.78 is 56.4. The van der Waals surface area contributed by atoms with Crippen molar-refractivity contribution in [2.24, 2.45) is 5.92 Å². The molecule has 0 bridgehead atoms. The largest absolute Gasteiger partial charge is 0.416 e. The maximum atomic E-state index is 13.1. The van der Waals surface area contributed by atoms with Crippen LogP contribution >= 0.6 is 0 Å². The van der Waals surface area contributed by atoms with Crippen LogP contribution in [0.25, 0.3) is 0 Å². The molecule has 2 unspecified atom stereocenters. The minimum absolute atomic E-state index is 0.189. The molecule has 0 aliphatic carbocycles. The maximum Gasteiger partial charge on any atom is 0.416 e. The van der Waals surface area contributed by atoms with E-state index in [0.29, 0.717) is 19.1 Å². The van der Waals surface area contributed by atoms with E-state index in [1.165, 1.54) is 0 Å². The van der Waals surface area contributed by atoms with E-state index >= 15 is 0 Å². The molecule has 1 aromatic carbocycles. The molecule has 100 valence electrons. The molecule has 2 atom stereocenters. The molecule has 1 N–H and O–H groups in total. The van der Waals surface area contributed by atoms with Gasteiger partial charge in [-0.15, -0.1) is 0 Å². The van der Waals surface area contributed by atoms with Gasteiger partial charge in [-0.05, 0) is 30.2 Å². The fourth-order valence-corrected chi connectivity index (χ4v) is 2.09. The van der Waals surface area contributed by atoms with Gasteiger partial charge in [-0.1, -0.05) is 0 Å². The highest BCUT2D eigenvalue weighted by atomic mass is 19.4. The van der Waals surface area contributed by atoms with Gasteiger partial charge in [0.25, 0.3) is 0 Å². The number of rotatable bonds is 2. The lowest BCUT2D eigenvalue weighted by Crippen LogP contribution is -2.18. The van der Waals surface area contributed by atoms with Gasteiger partial charge in [0.15, 0.2) is 0 Å². The Morgan fingerprint density at radius 1 is 1.33 bits per heavy atom. The Kier molecular flexibility index (Phi) is 3.59. The maximum absolute atomic E-state index is 13.1. The zero-order valence-corrected chi connectivity index (χ0v) is 9.38. The molecule has 1 fully saturated rings. The van der Waals surface area contributed by atoms with Gasteiger partial charge in [0.2, 0.25) is 0 Å². The first-order valence-corrected chi connectivity index (χ1v) is 5.52. The van der Waals surface area contributed by atoms with Crippen molar-refractivity contribution in [3.63, 3.8) is 0 Å². The van der Waals surface area contributed by atoms with E-state index in [-0.39, 0.29) is 6.61 Å². The van der Waals surface area contributed by atoms with Crippen molar-refractivity contribution in [2.75, 3.05) is 13.2 Å². The Morgan fingerprint density at radius 3 is 2.61 bits per heavy atom. The predicted octanol–water partition coefficient (Wildman–Crippen LogP) is 2.91. The zero-order valence-electron chi connectivity index (χ0n) is 9.38. The first kappa shape index (κ1) is 13.3. The smallest absolute Gasteiger partial charge is 0.388 e.